The highest BCUT2D eigenvalue weighted by atomic mass is 32.2. The van der Waals surface area contributed by atoms with Gasteiger partial charge >= 0.3 is 0 Å². The maximum atomic E-state index is 12.6. The molecule has 3 heterocycles. The molecule has 1 saturated heterocycles. The molecule has 0 unspecified atom stereocenters. The second-order valence-corrected chi connectivity index (χ2v) is 12.5. The van der Waals surface area contributed by atoms with Crippen LogP contribution >= 0.6 is 0 Å². The van der Waals surface area contributed by atoms with Gasteiger partial charge in [-0.2, -0.15) is 13.1 Å². The number of piperidine rings is 1. The number of hydrogen-bond donors (Lipinski definition) is 3. The first-order valence-electron chi connectivity index (χ1n) is 13.1. The third kappa shape index (κ3) is 6.49. The molecular formula is C27H36N6O3S. The van der Waals surface area contributed by atoms with E-state index in [0.29, 0.717) is 41.1 Å². The topological polar surface area (TPSA) is 108 Å². The Bertz CT molecular complexity index is 1370. The Morgan fingerprint density at radius 3 is 2.62 bits per heavy atom. The van der Waals surface area contributed by atoms with Crippen LogP contribution in [0.4, 0.5) is 5.69 Å². The molecular weight excluding hydrogens is 488 g/mol. The number of carbonyl (C=O) groups excluding carboxylic acids is 1. The van der Waals surface area contributed by atoms with E-state index in [0.717, 1.165) is 50.8 Å². The number of carbonyl (C=O) groups is 1. The third-order valence-corrected chi connectivity index (χ3v) is 8.58. The van der Waals surface area contributed by atoms with Gasteiger partial charge in [-0.3, -0.25) is 9.52 Å². The Hall–Kier alpha value is -2.95. The molecule has 3 N–H and O–H groups in total. The number of fused-ring (bicyclic) bond motifs is 1. The highest BCUT2D eigenvalue weighted by Crippen LogP contribution is 2.29. The molecule has 9 nitrogen and oxygen atoms in total. The fourth-order valence-electron chi connectivity index (χ4n) is 4.74. The molecule has 0 radical (unpaired) electrons. The van der Waals surface area contributed by atoms with Crippen LogP contribution < -0.4 is 14.8 Å². The van der Waals surface area contributed by atoms with Gasteiger partial charge in [0.15, 0.2) is 0 Å². The fraction of sp³-hybridized carbons (Fsp3) is 0.481. The van der Waals surface area contributed by atoms with Crippen LogP contribution in [-0.2, 0) is 10.2 Å². The number of anilines is 1. The summed E-state index contributed by atoms with van der Waals surface area (Å²) in [4.78, 5) is 19.5. The Morgan fingerprint density at radius 2 is 1.89 bits per heavy atom. The Balaban J connectivity index is 1.21. The average Bonchev–Trinajstić information content (AvgIpc) is 3.26. The van der Waals surface area contributed by atoms with Crippen LogP contribution in [0.2, 0.25) is 0 Å². The summed E-state index contributed by atoms with van der Waals surface area (Å²) in [5, 5.41) is 3.05. The number of nitrogens with zero attached hydrogens (tertiary/aromatic N) is 3. The second kappa shape index (κ2) is 10.4. The summed E-state index contributed by atoms with van der Waals surface area (Å²) < 4.78 is 32.4. The van der Waals surface area contributed by atoms with Crippen LogP contribution in [-0.4, -0.2) is 60.8 Å². The largest absolute Gasteiger partial charge is 0.349 e. The van der Waals surface area contributed by atoms with Gasteiger partial charge in [0, 0.05) is 37.1 Å². The number of hydrogen-bond acceptors (Lipinski definition) is 5. The molecule has 0 bridgehead atoms. The zero-order valence-electron chi connectivity index (χ0n) is 21.5. The zero-order chi connectivity index (χ0) is 26.0. The minimum atomic E-state index is -3.70. The van der Waals surface area contributed by atoms with Gasteiger partial charge in [-0.15, -0.1) is 0 Å². The number of pyridine rings is 1. The second-order valence-electron chi connectivity index (χ2n) is 11.0. The number of benzene rings is 1. The predicted octanol–water partition coefficient (Wildman–Crippen LogP) is 3.65. The summed E-state index contributed by atoms with van der Waals surface area (Å²) in [6.45, 7) is 7.61. The Morgan fingerprint density at radius 1 is 1.11 bits per heavy atom. The van der Waals surface area contributed by atoms with E-state index in [4.69, 9.17) is 0 Å². The minimum absolute atomic E-state index is 0.0742. The van der Waals surface area contributed by atoms with Crippen LogP contribution in [0, 0.1) is 5.41 Å². The van der Waals surface area contributed by atoms with Crippen LogP contribution in [0.25, 0.3) is 16.9 Å². The lowest BCUT2D eigenvalue weighted by molar-refractivity contribution is 0.0916. The van der Waals surface area contributed by atoms with Crippen molar-refractivity contribution in [2.75, 3.05) is 30.9 Å². The number of amides is 1. The Kier molecular flexibility index (Phi) is 7.24. The first-order valence-corrected chi connectivity index (χ1v) is 14.5. The predicted molar refractivity (Wildman–Crippen MR) is 146 cm³/mol. The van der Waals surface area contributed by atoms with E-state index in [1.807, 2.05) is 22.7 Å². The number of likely N-dealkylation sites (tertiary alicyclic amines) is 1. The molecule has 0 atom stereocenters. The van der Waals surface area contributed by atoms with Gasteiger partial charge in [-0.1, -0.05) is 26.0 Å². The summed E-state index contributed by atoms with van der Waals surface area (Å²) in [5.74, 6) is -0.0742. The molecule has 1 aromatic carbocycles. The number of aromatic nitrogens is 2. The number of nitrogens with one attached hydrogen (secondary N) is 3. The first kappa shape index (κ1) is 25.7. The van der Waals surface area contributed by atoms with Gasteiger partial charge < -0.3 is 14.6 Å². The van der Waals surface area contributed by atoms with Gasteiger partial charge in [0.1, 0.15) is 5.65 Å². The smallest absolute Gasteiger partial charge is 0.299 e. The van der Waals surface area contributed by atoms with Crippen molar-refractivity contribution in [3.63, 3.8) is 0 Å². The van der Waals surface area contributed by atoms with Crippen molar-refractivity contribution >= 4 is 27.5 Å². The molecule has 1 aliphatic heterocycles. The molecule has 1 amide bonds. The molecule has 10 heteroatoms. The van der Waals surface area contributed by atoms with E-state index in [2.05, 4.69) is 38.5 Å². The summed E-state index contributed by atoms with van der Waals surface area (Å²) in [6, 6.07) is 11.0. The molecule has 2 aromatic heterocycles. The monoisotopic (exact) mass is 524 g/mol. The normalized spacial score (nSPS) is 18.4. The van der Waals surface area contributed by atoms with Crippen molar-refractivity contribution < 1.29 is 13.2 Å². The van der Waals surface area contributed by atoms with Crippen LogP contribution in [0.15, 0.2) is 48.8 Å². The highest BCUT2D eigenvalue weighted by Gasteiger charge is 2.25. The van der Waals surface area contributed by atoms with E-state index in [-0.39, 0.29) is 11.9 Å². The summed E-state index contributed by atoms with van der Waals surface area (Å²) in [5.41, 5.74) is 3.60. The fourth-order valence-corrected chi connectivity index (χ4v) is 5.61. The highest BCUT2D eigenvalue weighted by molar-refractivity contribution is 7.90. The van der Waals surface area contributed by atoms with Crippen molar-refractivity contribution in [2.45, 2.75) is 52.0 Å². The third-order valence-electron chi connectivity index (χ3n) is 7.49. The molecule has 198 valence electrons. The van der Waals surface area contributed by atoms with Crippen molar-refractivity contribution in [3.8, 4) is 11.3 Å². The molecule has 37 heavy (non-hydrogen) atoms. The molecule has 3 aromatic rings. The molecule has 1 saturated carbocycles. The van der Waals surface area contributed by atoms with E-state index >= 15 is 0 Å². The molecule has 2 fully saturated rings. The first-order chi connectivity index (χ1) is 17.7. The van der Waals surface area contributed by atoms with Gasteiger partial charge in [0.2, 0.25) is 0 Å². The molecule has 5 rings (SSSR count). The van der Waals surface area contributed by atoms with Crippen molar-refractivity contribution in [3.05, 3.63) is 54.4 Å². The average molecular weight is 525 g/mol. The van der Waals surface area contributed by atoms with Crippen molar-refractivity contribution in [2.24, 2.45) is 5.41 Å². The van der Waals surface area contributed by atoms with E-state index in [1.165, 1.54) is 0 Å². The molecule has 1 aliphatic carbocycles. The minimum Gasteiger partial charge on any atom is -0.349 e. The SMILES string of the molecule is CC1(C)CCN(CCNS(=O)(=O)Nc2cccc(-c3cn4cc(C(=O)NC5CCC5)ccc4n3)c2)CC1. The molecule has 0 spiro atoms. The summed E-state index contributed by atoms with van der Waals surface area (Å²) in [6.07, 6.45) is 9.12. The molecule has 2 aliphatic rings. The Labute approximate surface area is 218 Å². The van der Waals surface area contributed by atoms with Crippen molar-refractivity contribution in [1.82, 2.24) is 24.3 Å². The zero-order valence-corrected chi connectivity index (χ0v) is 22.4. The summed E-state index contributed by atoms with van der Waals surface area (Å²) in [7, 11) is -3.70. The van der Waals surface area contributed by atoms with Gasteiger partial charge in [0.05, 0.1) is 16.9 Å². The van der Waals surface area contributed by atoms with Crippen LogP contribution in [0.1, 0.15) is 56.3 Å². The van der Waals surface area contributed by atoms with E-state index in [1.54, 1.807) is 30.5 Å². The number of imidazole rings is 1. The lowest BCUT2D eigenvalue weighted by Crippen LogP contribution is -2.42. The van der Waals surface area contributed by atoms with Gasteiger partial charge in [0.25, 0.3) is 16.1 Å². The van der Waals surface area contributed by atoms with E-state index < -0.39 is 10.2 Å². The maximum Gasteiger partial charge on any atom is 0.299 e. The lowest BCUT2D eigenvalue weighted by Gasteiger charge is -2.36. The van der Waals surface area contributed by atoms with E-state index in [9.17, 15) is 13.2 Å². The van der Waals surface area contributed by atoms with Gasteiger partial charge in [-0.05, 0) is 74.9 Å². The maximum absolute atomic E-state index is 12.6. The standard InChI is InChI=1S/C27H36N6O3S/c1-27(2)11-14-32(15-12-27)16-13-28-37(35,36)31-23-8-3-5-20(17-23)24-19-33-18-21(9-10-25(33)30-24)26(34)29-22-6-4-7-22/h3,5,8-10,17-19,22,28,31H,4,6-7,11-16H2,1-2H3,(H,29,34). The number of rotatable bonds is 9. The quantitative estimate of drug-likeness (QED) is 0.396. The van der Waals surface area contributed by atoms with Crippen molar-refractivity contribution in [1.29, 1.82) is 0 Å². The van der Waals surface area contributed by atoms with Crippen LogP contribution in [0.5, 0.6) is 0 Å². The summed E-state index contributed by atoms with van der Waals surface area (Å²) >= 11 is 0. The lowest BCUT2D eigenvalue weighted by atomic mass is 9.83. The van der Waals surface area contributed by atoms with Gasteiger partial charge in [-0.25, -0.2) is 4.98 Å². The van der Waals surface area contributed by atoms with Crippen LogP contribution in [0.3, 0.4) is 0 Å².